The van der Waals surface area contributed by atoms with Gasteiger partial charge in [-0.2, -0.15) is 0 Å². The van der Waals surface area contributed by atoms with Crippen LogP contribution in [-0.4, -0.2) is 59.3 Å². The van der Waals surface area contributed by atoms with E-state index >= 15 is 0 Å². The number of carboxylic acid groups (broad SMARTS) is 2. The van der Waals surface area contributed by atoms with E-state index < -0.39 is 11.9 Å². The standard InChI is InChI=1S/C40H49NO9/c1-3-41(4-2)40(46)32-24-31(37-28-47-27-36(50-37)30-15-9-7-10-16-30)25-33(26-32)48-22-11-6-5-8-14-29-17-12-18-35(34(29)20-21-39(44)45)49-23-13-19-38(42)43/h7,9,12,15,17-18,24-28H,3-6,8,10-11,13-14,16,19-23H2,1-2H3,(H,42,43)(H,44,45). The maximum Gasteiger partial charge on any atom is 0.303 e. The average Bonchev–Trinajstić information content (AvgIpc) is 3.13. The summed E-state index contributed by atoms with van der Waals surface area (Å²) in [6, 6.07) is 11.2. The van der Waals surface area contributed by atoms with Crippen LogP contribution in [0.2, 0.25) is 0 Å². The van der Waals surface area contributed by atoms with Crippen LogP contribution in [0, 0.1) is 0 Å². The normalized spacial score (nSPS) is 13.7. The number of carboxylic acids is 2. The number of rotatable bonds is 21. The molecule has 1 heterocycles. The van der Waals surface area contributed by atoms with E-state index in [-0.39, 0.29) is 25.4 Å². The van der Waals surface area contributed by atoms with Crippen LogP contribution in [0.5, 0.6) is 11.5 Å². The van der Waals surface area contributed by atoms with Gasteiger partial charge in [-0.3, -0.25) is 14.4 Å². The fourth-order valence-electron chi connectivity index (χ4n) is 5.90. The van der Waals surface area contributed by atoms with Gasteiger partial charge in [0.05, 0.1) is 13.2 Å². The Labute approximate surface area is 294 Å². The zero-order chi connectivity index (χ0) is 35.7. The highest BCUT2D eigenvalue weighted by Gasteiger charge is 2.21. The van der Waals surface area contributed by atoms with Crippen molar-refractivity contribution in [1.82, 2.24) is 4.90 Å². The van der Waals surface area contributed by atoms with Crippen molar-refractivity contribution < 1.29 is 43.5 Å². The highest BCUT2D eigenvalue weighted by Crippen LogP contribution is 2.33. The first-order valence-electron chi connectivity index (χ1n) is 17.6. The fraction of sp³-hybridized carbons (Fsp3) is 0.425. The molecule has 10 nitrogen and oxygen atoms in total. The third-order valence-corrected chi connectivity index (χ3v) is 8.61. The van der Waals surface area contributed by atoms with Gasteiger partial charge in [0.2, 0.25) is 0 Å². The molecular formula is C40H49NO9. The lowest BCUT2D eigenvalue weighted by molar-refractivity contribution is -0.138. The number of allylic oxidation sites excluding steroid dienone is 4. The van der Waals surface area contributed by atoms with Gasteiger partial charge in [0, 0.05) is 37.1 Å². The molecule has 1 aliphatic carbocycles. The fourth-order valence-corrected chi connectivity index (χ4v) is 5.90. The Morgan fingerprint density at radius 3 is 2.34 bits per heavy atom. The quantitative estimate of drug-likeness (QED) is 0.125. The van der Waals surface area contributed by atoms with E-state index in [1.807, 2.05) is 56.3 Å². The Balaban J connectivity index is 1.34. The van der Waals surface area contributed by atoms with Crippen molar-refractivity contribution in [3.8, 4) is 11.5 Å². The van der Waals surface area contributed by atoms with E-state index in [4.69, 9.17) is 24.1 Å². The van der Waals surface area contributed by atoms with E-state index in [0.717, 1.165) is 61.6 Å². The van der Waals surface area contributed by atoms with E-state index in [2.05, 4.69) is 6.08 Å². The van der Waals surface area contributed by atoms with Crippen LogP contribution in [0.4, 0.5) is 0 Å². The van der Waals surface area contributed by atoms with Crippen molar-refractivity contribution in [2.45, 2.75) is 84.5 Å². The Hall–Kier alpha value is -4.99. The summed E-state index contributed by atoms with van der Waals surface area (Å²) in [5.41, 5.74) is 4.20. The van der Waals surface area contributed by atoms with Crippen molar-refractivity contribution in [3.63, 3.8) is 0 Å². The number of amides is 1. The summed E-state index contributed by atoms with van der Waals surface area (Å²) in [6.45, 7) is 5.84. The number of ether oxygens (including phenoxy) is 4. The predicted octanol–water partition coefficient (Wildman–Crippen LogP) is 8.07. The number of benzene rings is 2. The largest absolute Gasteiger partial charge is 0.494 e. The Morgan fingerprint density at radius 2 is 1.60 bits per heavy atom. The molecule has 0 fully saturated rings. The summed E-state index contributed by atoms with van der Waals surface area (Å²) in [5.74, 6) is 0.545. The van der Waals surface area contributed by atoms with Gasteiger partial charge in [-0.05, 0) is 99.8 Å². The summed E-state index contributed by atoms with van der Waals surface area (Å²) in [6.07, 6.45) is 16.2. The first-order valence-corrected chi connectivity index (χ1v) is 17.6. The number of unbranched alkanes of at least 4 members (excludes halogenated alkanes) is 3. The Morgan fingerprint density at radius 1 is 0.840 bits per heavy atom. The first kappa shape index (κ1) is 37.8. The summed E-state index contributed by atoms with van der Waals surface area (Å²) < 4.78 is 24.0. The molecule has 4 rings (SSSR count). The SMILES string of the molecule is CCN(CC)C(=O)c1cc(OCCCCCCc2cccc(OCCCC(=O)O)c2CCC(=O)O)cc(C2=COC=C(C3=CC=CCC3)O2)c1. The molecule has 0 radical (unpaired) electrons. The zero-order valence-electron chi connectivity index (χ0n) is 29.2. The molecule has 268 valence electrons. The molecular weight excluding hydrogens is 638 g/mol. The number of nitrogens with zero attached hydrogens (tertiary/aromatic N) is 1. The second-order valence-electron chi connectivity index (χ2n) is 12.2. The molecule has 1 aliphatic heterocycles. The molecule has 0 spiro atoms. The van der Waals surface area contributed by atoms with Crippen molar-refractivity contribution in [2.75, 3.05) is 26.3 Å². The van der Waals surface area contributed by atoms with Crippen LogP contribution >= 0.6 is 0 Å². The van der Waals surface area contributed by atoms with E-state index in [9.17, 15) is 19.5 Å². The molecule has 0 atom stereocenters. The molecule has 0 saturated carbocycles. The van der Waals surface area contributed by atoms with Gasteiger partial charge >= 0.3 is 11.9 Å². The summed E-state index contributed by atoms with van der Waals surface area (Å²) in [7, 11) is 0. The van der Waals surface area contributed by atoms with Gasteiger partial charge in [0.25, 0.3) is 5.91 Å². The van der Waals surface area contributed by atoms with Crippen molar-refractivity contribution in [3.05, 3.63) is 101 Å². The number of aryl methyl sites for hydroxylation is 1. The summed E-state index contributed by atoms with van der Waals surface area (Å²) >= 11 is 0. The van der Waals surface area contributed by atoms with Crippen LogP contribution in [-0.2, 0) is 31.9 Å². The Kier molecular flexibility index (Phi) is 15.0. The average molecular weight is 688 g/mol. The smallest absolute Gasteiger partial charge is 0.303 e. The molecule has 0 unspecified atom stereocenters. The van der Waals surface area contributed by atoms with Gasteiger partial charge < -0.3 is 34.1 Å². The number of carbonyl (C=O) groups excluding carboxylic acids is 1. The number of hydrogen-bond acceptors (Lipinski definition) is 7. The third kappa shape index (κ3) is 11.6. The predicted molar refractivity (Wildman–Crippen MR) is 191 cm³/mol. The van der Waals surface area contributed by atoms with E-state index in [1.54, 1.807) is 23.5 Å². The monoisotopic (exact) mass is 687 g/mol. The molecule has 2 aromatic carbocycles. The minimum absolute atomic E-state index is 0.00670. The second-order valence-corrected chi connectivity index (χ2v) is 12.2. The van der Waals surface area contributed by atoms with E-state index in [1.165, 1.54) is 0 Å². The number of carbonyl (C=O) groups is 3. The van der Waals surface area contributed by atoms with E-state index in [0.29, 0.717) is 66.7 Å². The van der Waals surface area contributed by atoms with Crippen LogP contribution in [0.1, 0.15) is 98.7 Å². The highest BCUT2D eigenvalue weighted by molar-refractivity contribution is 5.95. The van der Waals surface area contributed by atoms with Crippen LogP contribution in [0.15, 0.2) is 78.5 Å². The third-order valence-electron chi connectivity index (χ3n) is 8.61. The summed E-state index contributed by atoms with van der Waals surface area (Å²) in [5, 5.41) is 18.2. The highest BCUT2D eigenvalue weighted by atomic mass is 16.5. The molecule has 0 aromatic heterocycles. The van der Waals surface area contributed by atoms with Gasteiger partial charge in [-0.25, -0.2) is 0 Å². The van der Waals surface area contributed by atoms with Gasteiger partial charge in [0.15, 0.2) is 11.5 Å². The molecule has 0 saturated heterocycles. The van der Waals surface area contributed by atoms with Gasteiger partial charge in [0.1, 0.15) is 24.0 Å². The van der Waals surface area contributed by atoms with Gasteiger partial charge in [-0.1, -0.05) is 43.2 Å². The maximum atomic E-state index is 13.4. The topological polar surface area (TPSA) is 132 Å². The van der Waals surface area contributed by atoms with Crippen molar-refractivity contribution in [1.29, 1.82) is 0 Å². The molecule has 0 bridgehead atoms. The van der Waals surface area contributed by atoms with Gasteiger partial charge in [-0.15, -0.1) is 0 Å². The lowest BCUT2D eigenvalue weighted by Gasteiger charge is -2.22. The molecule has 10 heteroatoms. The van der Waals surface area contributed by atoms with Crippen LogP contribution < -0.4 is 9.47 Å². The summed E-state index contributed by atoms with van der Waals surface area (Å²) in [4.78, 5) is 37.3. The molecule has 2 aliphatic rings. The zero-order valence-corrected chi connectivity index (χ0v) is 29.2. The second kappa shape index (κ2) is 19.9. The lowest BCUT2D eigenvalue weighted by Crippen LogP contribution is -2.30. The maximum absolute atomic E-state index is 13.4. The van der Waals surface area contributed by atoms with Crippen LogP contribution in [0.3, 0.4) is 0 Å². The molecule has 2 aromatic rings. The lowest BCUT2D eigenvalue weighted by atomic mass is 9.97. The van der Waals surface area contributed by atoms with Crippen molar-refractivity contribution in [2.24, 2.45) is 0 Å². The molecule has 50 heavy (non-hydrogen) atoms. The Bertz CT molecular complexity index is 1600. The van der Waals surface area contributed by atoms with Crippen molar-refractivity contribution >= 4 is 23.6 Å². The molecule has 2 N–H and O–H groups in total. The first-order chi connectivity index (χ1) is 24.3. The number of aliphatic carboxylic acids is 2. The number of hydrogen-bond donors (Lipinski definition) is 2. The minimum atomic E-state index is -0.876. The minimum Gasteiger partial charge on any atom is -0.494 e. The van der Waals surface area contributed by atoms with Crippen LogP contribution in [0.25, 0.3) is 5.76 Å². The molecule has 1 amide bonds.